The average molecular weight is 189 g/mol. The summed E-state index contributed by atoms with van der Waals surface area (Å²) >= 11 is 0. The summed E-state index contributed by atoms with van der Waals surface area (Å²) in [7, 11) is 0. The van der Waals surface area contributed by atoms with E-state index in [0.717, 1.165) is 18.4 Å². The van der Waals surface area contributed by atoms with E-state index in [-0.39, 0.29) is 11.0 Å². The standard InChI is InChI=1S/C11H15N3/c1-10(2,3)14-7-9(6-13-14)11(8-12)4-5-11/h6-7H,4-5H2,1-3H3. The minimum atomic E-state index is -0.205. The minimum Gasteiger partial charge on any atom is -0.267 e. The first kappa shape index (κ1) is 9.26. The van der Waals surface area contributed by atoms with Gasteiger partial charge in [0.15, 0.2) is 0 Å². The number of nitrogens with zero attached hydrogens (tertiary/aromatic N) is 3. The molecule has 0 N–H and O–H groups in total. The van der Waals surface area contributed by atoms with E-state index in [1.165, 1.54) is 0 Å². The van der Waals surface area contributed by atoms with Crippen LogP contribution in [0.15, 0.2) is 12.4 Å². The summed E-state index contributed by atoms with van der Waals surface area (Å²) in [6.07, 6.45) is 5.82. The van der Waals surface area contributed by atoms with Crippen molar-refractivity contribution in [3.63, 3.8) is 0 Å². The van der Waals surface area contributed by atoms with Crippen molar-refractivity contribution in [1.29, 1.82) is 5.26 Å². The van der Waals surface area contributed by atoms with E-state index >= 15 is 0 Å². The van der Waals surface area contributed by atoms with E-state index in [1.54, 1.807) is 0 Å². The largest absolute Gasteiger partial charge is 0.267 e. The van der Waals surface area contributed by atoms with Crippen LogP contribution in [0.4, 0.5) is 0 Å². The summed E-state index contributed by atoms with van der Waals surface area (Å²) in [4.78, 5) is 0. The van der Waals surface area contributed by atoms with Crippen LogP contribution in [0, 0.1) is 11.3 Å². The van der Waals surface area contributed by atoms with Crippen LogP contribution >= 0.6 is 0 Å². The fraction of sp³-hybridized carbons (Fsp3) is 0.636. The zero-order valence-electron chi connectivity index (χ0n) is 8.91. The Morgan fingerprint density at radius 3 is 2.50 bits per heavy atom. The molecule has 14 heavy (non-hydrogen) atoms. The van der Waals surface area contributed by atoms with Crippen LogP contribution in [0.5, 0.6) is 0 Å². The van der Waals surface area contributed by atoms with Crippen molar-refractivity contribution in [2.75, 3.05) is 0 Å². The third-order valence-electron chi connectivity index (χ3n) is 2.79. The maximum Gasteiger partial charge on any atom is 0.0854 e. The molecule has 0 radical (unpaired) electrons. The van der Waals surface area contributed by atoms with Gasteiger partial charge in [-0.1, -0.05) is 0 Å². The van der Waals surface area contributed by atoms with Crippen molar-refractivity contribution in [3.05, 3.63) is 18.0 Å². The molecule has 0 bridgehead atoms. The van der Waals surface area contributed by atoms with Gasteiger partial charge in [0.1, 0.15) is 0 Å². The third kappa shape index (κ3) is 1.31. The molecule has 0 aromatic carbocycles. The normalized spacial score (nSPS) is 19.0. The second-order valence-corrected chi connectivity index (χ2v) is 5.04. The molecular weight excluding hydrogens is 174 g/mol. The molecule has 0 aliphatic heterocycles. The molecule has 3 nitrogen and oxygen atoms in total. The Hall–Kier alpha value is -1.30. The number of aromatic nitrogens is 2. The molecule has 1 aromatic rings. The molecule has 0 atom stereocenters. The minimum absolute atomic E-state index is 0.00376. The monoisotopic (exact) mass is 189 g/mol. The number of rotatable bonds is 1. The van der Waals surface area contributed by atoms with Crippen LogP contribution in [0.3, 0.4) is 0 Å². The van der Waals surface area contributed by atoms with Gasteiger partial charge in [-0.3, -0.25) is 4.68 Å². The SMILES string of the molecule is CC(C)(C)n1cc(C2(C#N)CC2)cn1. The average Bonchev–Trinajstić information content (AvgIpc) is 2.73. The van der Waals surface area contributed by atoms with Crippen LogP contribution in [-0.2, 0) is 11.0 Å². The van der Waals surface area contributed by atoms with Gasteiger partial charge < -0.3 is 0 Å². The van der Waals surface area contributed by atoms with E-state index in [4.69, 9.17) is 5.26 Å². The first-order chi connectivity index (χ1) is 6.48. The summed E-state index contributed by atoms with van der Waals surface area (Å²) < 4.78 is 1.93. The van der Waals surface area contributed by atoms with E-state index in [0.29, 0.717) is 0 Å². The number of hydrogen-bond acceptors (Lipinski definition) is 2. The van der Waals surface area contributed by atoms with Crippen molar-refractivity contribution in [2.45, 2.75) is 44.6 Å². The van der Waals surface area contributed by atoms with Crippen molar-refractivity contribution >= 4 is 0 Å². The van der Waals surface area contributed by atoms with Crippen LogP contribution in [-0.4, -0.2) is 9.78 Å². The third-order valence-corrected chi connectivity index (χ3v) is 2.79. The second-order valence-electron chi connectivity index (χ2n) is 5.04. The van der Waals surface area contributed by atoms with Gasteiger partial charge in [-0.25, -0.2) is 0 Å². The Morgan fingerprint density at radius 1 is 1.50 bits per heavy atom. The van der Waals surface area contributed by atoms with Gasteiger partial charge in [0.25, 0.3) is 0 Å². The van der Waals surface area contributed by atoms with Gasteiger partial charge in [-0.2, -0.15) is 10.4 Å². The smallest absolute Gasteiger partial charge is 0.0854 e. The fourth-order valence-corrected chi connectivity index (χ4v) is 1.53. The Kier molecular flexibility index (Phi) is 1.72. The summed E-state index contributed by atoms with van der Waals surface area (Å²) in [6, 6.07) is 2.38. The van der Waals surface area contributed by atoms with Gasteiger partial charge in [0, 0.05) is 11.8 Å². The Balaban J connectivity index is 2.32. The van der Waals surface area contributed by atoms with Crippen LogP contribution in [0.2, 0.25) is 0 Å². The fourth-order valence-electron chi connectivity index (χ4n) is 1.53. The van der Waals surface area contributed by atoms with Crippen LogP contribution in [0.25, 0.3) is 0 Å². The van der Waals surface area contributed by atoms with E-state index in [9.17, 15) is 0 Å². The Morgan fingerprint density at radius 2 is 2.14 bits per heavy atom. The van der Waals surface area contributed by atoms with Crippen molar-refractivity contribution in [3.8, 4) is 6.07 Å². The van der Waals surface area contributed by atoms with Crippen molar-refractivity contribution in [2.24, 2.45) is 0 Å². The van der Waals surface area contributed by atoms with Crippen LogP contribution < -0.4 is 0 Å². The van der Waals surface area contributed by atoms with Gasteiger partial charge >= 0.3 is 0 Å². The maximum absolute atomic E-state index is 9.03. The zero-order valence-corrected chi connectivity index (χ0v) is 8.91. The molecule has 3 heteroatoms. The highest BCUT2D eigenvalue weighted by molar-refractivity contribution is 5.35. The number of nitriles is 1. The summed E-state index contributed by atoms with van der Waals surface area (Å²) in [5, 5.41) is 13.3. The zero-order chi connectivity index (χ0) is 10.4. The lowest BCUT2D eigenvalue weighted by Crippen LogP contribution is -2.22. The van der Waals surface area contributed by atoms with Gasteiger partial charge in [0.05, 0.1) is 23.2 Å². The maximum atomic E-state index is 9.03. The highest BCUT2D eigenvalue weighted by Crippen LogP contribution is 2.47. The molecular formula is C11H15N3. The topological polar surface area (TPSA) is 41.6 Å². The highest BCUT2D eigenvalue weighted by atomic mass is 15.3. The predicted molar refractivity (Wildman–Crippen MR) is 53.7 cm³/mol. The van der Waals surface area contributed by atoms with Crippen LogP contribution in [0.1, 0.15) is 39.2 Å². The quantitative estimate of drug-likeness (QED) is 0.679. The first-order valence-electron chi connectivity index (χ1n) is 4.95. The molecule has 0 unspecified atom stereocenters. The summed E-state index contributed by atoms with van der Waals surface area (Å²) in [5.74, 6) is 0. The van der Waals surface area contributed by atoms with Gasteiger partial charge in [0.2, 0.25) is 0 Å². The second kappa shape index (κ2) is 2.60. The predicted octanol–water partition coefficient (Wildman–Crippen LogP) is 2.19. The van der Waals surface area contributed by atoms with Gasteiger partial charge in [-0.15, -0.1) is 0 Å². The molecule has 1 aliphatic rings. The Bertz CT molecular complexity index is 385. The van der Waals surface area contributed by atoms with Gasteiger partial charge in [-0.05, 0) is 33.6 Å². The van der Waals surface area contributed by atoms with E-state index in [1.807, 2.05) is 17.1 Å². The van der Waals surface area contributed by atoms with E-state index in [2.05, 4.69) is 31.9 Å². The molecule has 1 aliphatic carbocycles. The van der Waals surface area contributed by atoms with Crippen molar-refractivity contribution in [1.82, 2.24) is 9.78 Å². The molecule has 0 spiro atoms. The lowest BCUT2D eigenvalue weighted by Gasteiger charge is -2.18. The van der Waals surface area contributed by atoms with E-state index < -0.39 is 0 Å². The summed E-state index contributed by atoms with van der Waals surface area (Å²) in [6.45, 7) is 6.32. The highest BCUT2D eigenvalue weighted by Gasteiger charge is 2.46. The van der Waals surface area contributed by atoms with Crippen molar-refractivity contribution < 1.29 is 0 Å². The molecule has 1 heterocycles. The molecule has 0 saturated heterocycles. The molecule has 1 fully saturated rings. The lowest BCUT2D eigenvalue weighted by molar-refractivity contribution is 0.355. The summed E-state index contributed by atoms with van der Waals surface area (Å²) in [5.41, 5.74) is 0.878. The Labute approximate surface area is 84.3 Å². The molecule has 1 saturated carbocycles. The molecule has 2 rings (SSSR count). The molecule has 74 valence electrons. The lowest BCUT2D eigenvalue weighted by atomic mass is 10.0. The molecule has 0 amide bonds. The molecule has 1 aromatic heterocycles. The first-order valence-corrected chi connectivity index (χ1v) is 4.95. The number of hydrogen-bond donors (Lipinski definition) is 0.